The summed E-state index contributed by atoms with van der Waals surface area (Å²) in [7, 11) is 2.15. The van der Waals surface area contributed by atoms with Crippen molar-refractivity contribution in [3.63, 3.8) is 0 Å². The lowest BCUT2D eigenvalue weighted by molar-refractivity contribution is 0.814. The van der Waals surface area contributed by atoms with Gasteiger partial charge in [0.2, 0.25) is 0 Å². The van der Waals surface area contributed by atoms with Crippen molar-refractivity contribution in [2.24, 2.45) is 0 Å². The zero-order valence-electron chi connectivity index (χ0n) is 10.2. The van der Waals surface area contributed by atoms with E-state index < -0.39 is 0 Å². The van der Waals surface area contributed by atoms with Gasteiger partial charge in [0.1, 0.15) is 0 Å². The van der Waals surface area contributed by atoms with E-state index >= 15 is 0 Å². The number of fused-ring (bicyclic) bond motifs is 1. The molecule has 2 heteroatoms. The van der Waals surface area contributed by atoms with Crippen LogP contribution >= 0.6 is 0 Å². The first kappa shape index (κ1) is 11.1. The number of anilines is 2. The number of hydrogen-bond acceptors (Lipinski definition) is 2. The molecule has 1 atom stereocenters. The lowest BCUT2D eigenvalue weighted by Gasteiger charge is -2.16. The predicted octanol–water partition coefficient (Wildman–Crippen LogP) is 3.06. The third-order valence-electron chi connectivity index (χ3n) is 3.14. The third-order valence-corrected chi connectivity index (χ3v) is 3.14. The summed E-state index contributed by atoms with van der Waals surface area (Å²) >= 11 is 0. The second-order valence-electron chi connectivity index (χ2n) is 4.58. The van der Waals surface area contributed by atoms with Crippen molar-refractivity contribution in [1.29, 1.82) is 0 Å². The molecule has 16 heavy (non-hydrogen) atoms. The first-order valence-corrected chi connectivity index (χ1v) is 5.92. The molecule has 0 radical (unpaired) electrons. The van der Waals surface area contributed by atoms with Crippen molar-refractivity contribution in [3.8, 4) is 0 Å². The molecule has 86 valence electrons. The number of hydrogen-bond donors (Lipinski definition) is 1. The van der Waals surface area contributed by atoms with E-state index in [1.807, 2.05) is 6.08 Å². The van der Waals surface area contributed by atoms with E-state index in [-0.39, 0.29) is 0 Å². The molecule has 0 aliphatic carbocycles. The molecule has 0 saturated carbocycles. The summed E-state index contributed by atoms with van der Waals surface area (Å²) in [6.07, 6.45) is 4.12. The number of nitrogens with one attached hydrogen (secondary N) is 1. The molecule has 1 heterocycles. The van der Waals surface area contributed by atoms with E-state index in [1.165, 1.54) is 16.9 Å². The van der Waals surface area contributed by atoms with Crippen molar-refractivity contribution in [1.82, 2.24) is 0 Å². The molecule has 2 nitrogen and oxygen atoms in total. The Kier molecular flexibility index (Phi) is 3.18. The van der Waals surface area contributed by atoms with Crippen LogP contribution in [0.25, 0.3) is 0 Å². The highest BCUT2D eigenvalue weighted by Crippen LogP contribution is 2.29. The minimum atomic E-state index is 0.453. The number of likely N-dealkylation sites (N-methyl/N-ethyl adjacent to an activating group) is 1. The van der Waals surface area contributed by atoms with Crippen LogP contribution < -0.4 is 10.2 Å². The van der Waals surface area contributed by atoms with E-state index in [9.17, 15) is 0 Å². The number of benzene rings is 1. The standard InChI is InChI=1S/C14H20N2/c1-4-5-11(2)15-13-6-7-14-12(10-13)8-9-16(14)3/h4,6-7,10-11,15H,1,5,8-9H2,2-3H3. The van der Waals surface area contributed by atoms with Crippen LogP contribution in [0.1, 0.15) is 18.9 Å². The maximum absolute atomic E-state index is 3.76. The van der Waals surface area contributed by atoms with Gasteiger partial charge in [-0.2, -0.15) is 0 Å². The molecule has 0 saturated heterocycles. The molecule has 1 aromatic carbocycles. The quantitative estimate of drug-likeness (QED) is 0.778. The fourth-order valence-electron chi connectivity index (χ4n) is 2.25. The van der Waals surface area contributed by atoms with Crippen LogP contribution in [0, 0.1) is 0 Å². The lowest BCUT2D eigenvalue weighted by atomic mass is 10.1. The molecule has 1 unspecified atom stereocenters. The van der Waals surface area contributed by atoms with E-state index in [0.717, 1.165) is 19.4 Å². The van der Waals surface area contributed by atoms with Gasteiger partial charge in [0.05, 0.1) is 0 Å². The molecule has 1 aromatic rings. The summed E-state index contributed by atoms with van der Waals surface area (Å²) in [6.45, 7) is 7.08. The van der Waals surface area contributed by atoms with E-state index in [0.29, 0.717) is 6.04 Å². The van der Waals surface area contributed by atoms with Gasteiger partial charge in [0.15, 0.2) is 0 Å². The Balaban J connectivity index is 2.10. The summed E-state index contributed by atoms with van der Waals surface area (Å²) in [5, 5.41) is 3.50. The molecular formula is C14H20N2. The summed E-state index contributed by atoms with van der Waals surface area (Å²) in [5.41, 5.74) is 4.06. The average Bonchev–Trinajstić information content (AvgIpc) is 2.60. The molecule has 0 amide bonds. The Morgan fingerprint density at radius 2 is 2.38 bits per heavy atom. The number of nitrogens with zero attached hydrogens (tertiary/aromatic N) is 1. The van der Waals surface area contributed by atoms with Gasteiger partial charge in [-0.3, -0.25) is 0 Å². The Morgan fingerprint density at radius 3 is 3.12 bits per heavy atom. The largest absolute Gasteiger partial charge is 0.382 e. The SMILES string of the molecule is C=CCC(C)Nc1ccc2c(c1)CCN2C. The fourth-order valence-corrected chi connectivity index (χ4v) is 2.25. The predicted molar refractivity (Wildman–Crippen MR) is 71.3 cm³/mol. The van der Waals surface area contributed by atoms with Crippen molar-refractivity contribution in [2.75, 3.05) is 23.8 Å². The van der Waals surface area contributed by atoms with Crippen LogP contribution in [-0.2, 0) is 6.42 Å². The van der Waals surface area contributed by atoms with Gasteiger partial charge in [-0.25, -0.2) is 0 Å². The highest BCUT2D eigenvalue weighted by Gasteiger charge is 2.15. The van der Waals surface area contributed by atoms with Gasteiger partial charge in [0, 0.05) is 31.0 Å². The van der Waals surface area contributed by atoms with Crippen LogP contribution in [0.2, 0.25) is 0 Å². The first-order chi connectivity index (χ1) is 7.70. The minimum Gasteiger partial charge on any atom is -0.382 e. The maximum atomic E-state index is 3.76. The van der Waals surface area contributed by atoms with Crippen LogP contribution in [0.15, 0.2) is 30.9 Å². The monoisotopic (exact) mass is 216 g/mol. The first-order valence-electron chi connectivity index (χ1n) is 5.92. The second-order valence-corrected chi connectivity index (χ2v) is 4.58. The van der Waals surface area contributed by atoms with Crippen molar-refractivity contribution in [2.45, 2.75) is 25.8 Å². The van der Waals surface area contributed by atoms with Gasteiger partial charge in [-0.15, -0.1) is 6.58 Å². The van der Waals surface area contributed by atoms with Crippen LogP contribution in [-0.4, -0.2) is 19.6 Å². The molecule has 0 aromatic heterocycles. The van der Waals surface area contributed by atoms with Crippen LogP contribution in [0.3, 0.4) is 0 Å². The Bertz CT molecular complexity index is 384. The lowest BCUT2D eigenvalue weighted by Crippen LogP contribution is -2.14. The minimum absolute atomic E-state index is 0.453. The molecule has 1 aliphatic heterocycles. The number of rotatable bonds is 4. The second kappa shape index (κ2) is 4.60. The van der Waals surface area contributed by atoms with Crippen LogP contribution in [0.5, 0.6) is 0 Å². The van der Waals surface area contributed by atoms with Crippen molar-refractivity contribution >= 4 is 11.4 Å². The molecule has 0 bridgehead atoms. The molecule has 0 spiro atoms. The molecule has 0 fully saturated rings. The Labute approximate surface area is 98.0 Å². The topological polar surface area (TPSA) is 15.3 Å². The van der Waals surface area contributed by atoms with Gasteiger partial charge >= 0.3 is 0 Å². The maximum Gasteiger partial charge on any atom is 0.0398 e. The highest BCUT2D eigenvalue weighted by atomic mass is 15.1. The highest BCUT2D eigenvalue weighted by molar-refractivity contribution is 5.63. The molecule has 2 rings (SSSR count). The molecule has 1 aliphatic rings. The summed E-state index contributed by atoms with van der Waals surface area (Å²) in [6, 6.07) is 7.11. The van der Waals surface area contributed by atoms with E-state index in [4.69, 9.17) is 0 Å². The van der Waals surface area contributed by atoms with Crippen molar-refractivity contribution < 1.29 is 0 Å². The normalized spacial score (nSPS) is 15.8. The average molecular weight is 216 g/mol. The zero-order valence-corrected chi connectivity index (χ0v) is 10.2. The third kappa shape index (κ3) is 2.21. The van der Waals surface area contributed by atoms with Crippen molar-refractivity contribution in [3.05, 3.63) is 36.4 Å². The summed E-state index contributed by atoms with van der Waals surface area (Å²) in [5.74, 6) is 0. The summed E-state index contributed by atoms with van der Waals surface area (Å²) in [4.78, 5) is 2.31. The molecular weight excluding hydrogens is 196 g/mol. The van der Waals surface area contributed by atoms with Gasteiger partial charge in [-0.05, 0) is 43.5 Å². The van der Waals surface area contributed by atoms with Gasteiger partial charge in [-0.1, -0.05) is 6.08 Å². The van der Waals surface area contributed by atoms with Gasteiger partial charge in [0.25, 0.3) is 0 Å². The van der Waals surface area contributed by atoms with E-state index in [2.05, 4.69) is 49.0 Å². The van der Waals surface area contributed by atoms with Crippen LogP contribution in [0.4, 0.5) is 11.4 Å². The smallest absolute Gasteiger partial charge is 0.0398 e. The van der Waals surface area contributed by atoms with Gasteiger partial charge < -0.3 is 10.2 Å². The fraction of sp³-hybridized carbons (Fsp3) is 0.429. The molecule has 1 N–H and O–H groups in total. The Hall–Kier alpha value is -1.44. The summed E-state index contributed by atoms with van der Waals surface area (Å²) < 4.78 is 0. The zero-order chi connectivity index (χ0) is 11.5. The Morgan fingerprint density at radius 1 is 1.56 bits per heavy atom. The van der Waals surface area contributed by atoms with E-state index in [1.54, 1.807) is 0 Å².